The van der Waals surface area contributed by atoms with Crippen molar-refractivity contribution in [1.29, 1.82) is 0 Å². The van der Waals surface area contributed by atoms with Crippen LogP contribution in [-0.4, -0.2) is 56.0 Å². The summed E-state index contributed by atoms with van der Waals surface area (Å²) in [6, 6.07) is 0.354. The molecule has 0 aromatic rings. The Bertz CT molecular complexity index is 387. The molecule has 4 nitrogen and oxygen atoms in total. The summed E-state index contributed by atoms with van der Waals surface area (Å²) >= 11 is 0. The van der Waals surface area contributed by atoms with Crippen LogP contribution >= 0.6 is 0 Å². The van der Waals surface area contributed by atoms with E-state index in [-0.39, 0.29) is 11.3 Å². The zero-order valence-electron chi connectivity index (χ0n) is 14.3. The fourth-order valence-corrected chi connectivity index (χ4v) is 4.19. The van der Waals surface area contributed by atoms with Gasteiger partial charge in [0.25, 0.3) is 0 Å². The Morgan fingerprint density at radius 2 is 1.76 bits per heavy atom. The standard InChI is InChI=1S/C16H34N2O2S/c1-5-17-15(11-10-14-21(19,20)6-2)16(3,4)18-12-8-7-9-13-18/h15,17H,5-14H2,1-4H3. The van der Waals surface area contributed by atoms with Crippen LogP contribution in [0, 0.1) is 0 Å². The van der Waals surface area contributed by atoms with Crippen molar-refractivity contribution in [2.45, 2.75) is 71.4 Å². The zero-order chi connectivity index (χ0) is 15.9. The normalized spacial score (nSPS) is 19.6. The Kier molecular flexibility index (Phi) is 7.65. The Labute approximate surface area is 131 Å². The van der Waals surface area contributed by atoms with Gasteiger partial charge < -0.3 is 5.32 Å². The lowest BCUT2D eigenvalue weighted by Crippen LogP contribution is -2.59. The van der Waals surface area contributed by atoms with Gasteiger partial charge in [0.2, 0.25) is 0 Å². The Morgan fingerprint density at radius 1 is 1.14 bits per heavy atom. The van der Waals surface area contributed by atoms with Gasteiger partial charge in [-0.05, 0) is 59.2 Å². The van der Waals surface area contributed by atoms with Crippen molar-refractivity contribution in [3.63, 3.8) is 0 Å². The Morgan fingerprint density at radius 3 is 2.29 bits per heavy atom. The topological polar surface area (TPSA) is 49.4 Å². The molecule has 1 aliphatic heterocycles. The zero-order valence-corrected chi connectivity index (χ0v) is 15.1. The third-order valence-corrected chi connectivity index (χ3v) is 6.65. The second kappa shape index (κ2) is 8.49. The molecular weight excluding hydrogens is 284 g/mol. The van der Waals surface area contributed by atoms with Crippen molar-refractivity contribution < 1.29 is 8.42 Å². The van der Waals surface area contributed by atoms with Crippen molar-refractivity contribution in [2.75, 3.05) is 31.1 Å². The summed E-state index contributed by atoms with van der Waals surface area (Å²) < 4.78 is 23.3. The molecule has 0 amide bonds. The molecule has 1 fully saturated rings. The molecule has 5 heteroatoms. The number of rotatable bonds is 9. The van der Waals surface area contributed by atoms with Crippen LogP contribution in [0.4, 0.5) is 0 Å². The van der Waals surface area contributed by atoms with E-state index >= 15 is 0 Å². The number of nitrogens with one attached hydrogen (secondary N) is 1. The second-order valence-corrected chi connectivity index (χ2v) is 9.16. The minimum absolute atomic E-state index is 0.0897. The van der Waals surface area contributed by atoms with E-state index in [4.69, 9.17) is 0 Å². The highest BCUT2D eigenvalue weighted by molar-refractivity contribution is 7.91. The van der Waals surface area contributed by atoms with Gasteiger partial charge in [0.15, 0.2) is 0 Å². The molecule has 0 aromatic carbocycles. The molecule has 0 aromatic heterocycles. The first kappa shape index (κ1) is 18.9. The molecule has 126 valence electrons. The minimum atomic E-state index is -2.84. The predicted molar refractivity (Wildman–Crippen MR) is 90.5 cm³/mol. The number of likely N-dealkylation sites (N-methyl/N-ethyl adjacent to an activating group) is 1. The van der Waals surface area contributed by atoms with Crippen LogP contribution in [-0.2, 0) is 9.84 Å². The first-order valence-corrected chi connectivity index (χ1v) is 10.3. The number of hydrogen-bond donors (Lipinski definition) is 1. The highest BCUT2D eigenvalue weighted by atomic mass is 32.2. The third kappa shape index (κ3) is 5.87. The molecule has 21 heavy (non-hydrogen) atoms. The van der Waals surface area contributed by atoms with E-state index in [1.165, 1.54) is 32.4 Å². The van der Waals surface area contributed by atoms with Gasteiger partial charge in [-0.3, -0.25) is 4.90 Å². The van der Waals surface area contributed by atoms with E-state index in [0.29, 0.717) is 11.8 Å². The number of hydrogen-bond acceptors (Lipinski definition) is 4. The lowest BCUT2D eigenvalue weighted by molar-refractivity contribution is 0.0586. The predicted octanol–water partition coefficient (Wildman–Crippen LogP) is 2.44. The van der Waals surface area contributed by atoms with E-state index in [0.717, 1.165) is 19.4 Å². The van der Waals surface area contributed by atoms with Crippen LogP contribution in [0.2, 0.25) is 0 Å². The van der Waals surface area contributed by atoms with Crippen molar-refractivity contribution in [2.24, 2.45) is 0 Å². The molecule has 1 atom stereocenters. The average Bonchev–Trinajstić information content (AvgIpc) is 2.47. The van der Waals surface area contributed by atoms with Gasteiger partial charge >= 0.3 is 0 Å². The van der Waals surface area contributed by atoms with E-state index in [1.54, 1.807) is 6.92 Å². The third-order valence-electron chi connectivity index (χ3n) is 4.86. The number of piperidine rings is 1. The van der Waals surface area contributed by atoms with Gasteiger partial charge in [-0.25, -0.2) is 8.42 Å². The average molecular weight is 319 g/mol. The maximum Gasteiger partial charge on any atom is 0.150 e. The van der Waals surface area contributed by atoms with Gasteiger partial charge in [0.05, 0.1) is 5.75 Å². The SMILES string of the molecule is CCNC(CCCS(=O)(=O)CC)C(C)(C)N1CCCCC1. The van der Waals surface area contributed by atoms with Crippen molar-refractivity contribution in [3.8, 4) is 0 Å². The molecule has 0 bridgehead atoms. The molecule has 0 radical (unpaired) electrons. The summed E-state index contributed by atoms with van der Waals surface area (Å²) in [6.07, 6.45) is 5.59. The first-order chi connectivity index (χ1) is 9.83. The lowest BCUT2D eigenvalue weighted by Gasteiger charge is -2.46. The summed E-state index contributed by atoms with van der Waals surface area (Å²) in [4.78, 5) is 2.58. The summed E-state index contributed by atoms with van der Waals surface area (Å²) in [5.74, 6) is 0.579. The molecule has 1 saturated heterocycles. The largest absolute Gasteiger partial charge is 0.312 e. The van der Waals surface area contributed by atoms with E-state index < -0.39 is 9.84 Å². The van der Waals surface area contributed by atoms with Crippen LogP contribution in [0.1, 0.15) is 59.8 Å². The maximum absolute atomic E-state index is 11.7. The van der Waals surface area contributed by atoms with Gasteiger partial charge in [0, 0.05) is 17.3 Å². The highest BCUT2D eigenvalue weighted by Crippen LogP contribution is 2.26. The number of sulfone groups is 1. The molecule has 0 spiro atoms. The van der Waals surface area contributed by atoms with Crippen LogP contribution in [0.5, 0.6) is 0 Å². The minimum Gasteiger partial charge on any atom is -0.312 e. The van der Waals surface area contributed by atoms with Crippen molar-refractivity contribution >= 4 is 9.84 Å². The Hall–Kier alpha value is -0.130. The van der Waals surface area contributed by atoms with Crippen molar-refractivity contribution in [3.05, 3.63) is 0 Å². The highest BCUT2D eigenvalue weighted by Gasteiger charge is 2.35. The molecular formula is C16H34N2O2S. The van der Waals surface area contributed by atoms with Gasteiger partial charge in [-0.15, -0.1) is 0 Å². The van der Waals surface area contributed by atoms with Crippen molar-refractivity contribution in [1.82, 2.24) is 10.2 Å². The summed E-state index contributed by atoms with van der Waals surface area (Å²) in [5.41, 5.74) is 0.0897. The molecule has 1 rings (SSSR count). The lowest BCUT2D eigenvalue weighted by atomic mass is 9.87. The second-order valence-electron chi connectivity index (χ2n) is 6.69. The van der Waals surface area contributed by atoms with Crippen LogP contribution in [0.25, 0.3) is 0 Å². The molecule has 0 saturated carbocycles. The monoisotopic (exact) mass is 318 g/mol. The molecule has 0 aliphatic carbocycles. The van der Waals surface area contributed by atoms with Gasteiger partial charge in [0.1, 0.15) is 9.84 Å². The van der Waals surface area contributed by atoms with Crippen LogP contribution in [0.3, 0.4) is 0 Å². The molecule has 1 unspecified atom stereocenters. The van der Waals surface area contributed by atoms with E-state index in [9.17, 15) is 8.42 Å². The fourth-order valence-electron chi connectivity index (χ4n) is 3.29. The fraction of sp³-hybridized carbons (Fsp3) is 1.00. The molecule has 1 aliphatic rings. The molecule has 1 heterocycles. The number of nitrogens with zero attached hydrogens (tertiary/aromatic N) is 1. The quantitative estimate of drug-likeness (QED) is 0.709. The maximum atomic E-state index is 11.7. The van der Waals surface area contributed by atoms with Gasteiger partial charge in [-0.2, -0.15) is 0 Å². The van der Waals surface area contributed by atoms with Crippen LogP contribution in [0.15, 0.2) is 0 Å². The van der Waals surface area contributed by atoms with Gasteiger partial charge in [-0.1, -0.05) is 20.3 Å². The summed E-state index contributed by atoms with van der Waals surface area (Å²) in [5, 5.41) is 3.59. The summed E-state index contributed by atoms with van der Waals surface area (Å²) in [6.45, 7) is 11.7. The smallest absolute Gasteiger partial charge is 0.150 e. The molecule has 1 N–H and O–H groups in total. The summed E-state index contributed by atoms with van der Waals surface area (Å²) in [7, 11) is -2.84. The Balaban J connectivity index is 2.61. The van der Waals surface area contributed by atoms with E-state index in [1.807, 2.05) is 0 Å². The first-order valence-electron chi connectivity index (χ1n) is 8.52. The van der Waals surface area contributed by atoms with E-state index in [2.05, 4.69) is 31.0 Å². The number of likely N-dealkylation sites (tertiary alicyclic amines) is 1. The van der Waals surface area contributed by atoms with Crippen LogP contribution < -0.4 is 5.32 Å².